The number of anilines is 2. The van der Waals surface area contributed by atoms with Crippen LogP contribution in [0.5, 0.6) is 0 Å². The summed E-state index contributed by atoms with van der Waals surface area (Å²) in [6.07, 6.45) is 0.355. The van der Waals surface area contributed by atoms with Gasteiger partial charge in [0.15, 0.2) is 0 Å². The van der Waals surface area contributed by atoms with Gasteiger partial charge in [-0.1, -0.05) is 67.6 Å². The van der Waals surface area contributed by atoms with Crippen molar-refractivity contribution in [3.63, 3.8) is 0 Å². The number of benzene rings is 2. The average molecular weight is 462 g/mol. The molecule has 2 aliphatic heterocycles. The molecule has 8 nitrogen and oxygen atoms in total. The van der Waals surface area contributed by atoms with Crippen molar-refractivity contribution in [2.75, 3.05) is 10.2 Å². The van der Waals surface area contributed by atoms with E-state index in [1.807, 2.05) is 44.2 Å². The summed E-state index contributed by atoms with van der Waals surface area (Å²) >= 11 is 1.30. The van der Waals surface area contributed by atoms with Crippen LogP contribution in [0.1, 0.15) is 53.5 Å². The molecular formula is C24H23N5O3S. The predicted molar refractivity (Wildman–Crippen MR) is 125 cm³/mol. The third kappa shape index (κ3) is 3.39. The van der Waals surface area contributed by atoms with Crippen LogP contribution in [0.2, 0.25) is 0 Å². The molecule has 0 bridgehead atoms. The molecule has 0 aliphatic carbocycles. The summed E-state index contributed by atoms with van der Waals surface area (Å²) in [5.41, 5.74) is 0.256. The Morgan fingerprint density at radius 2 is 1.82 bits per heavy atom. The van der Waals surface area contributed by atoms with Crippen molar-refractivity contribution in [3.05, 3.63) is 70.7 Å². The van der Waals surface area contributed by atoms with Gasteiger partial charge in [-0.2, -0.15) is 0 Å². The number of hydrogen-bond donors (Lipinski definition) is 1. The average Bonchev–Trinajstić information content (AvgIpc) is 3.43. The van der Waals surface area contributed by atoms with Gasteiger partial charge < -0.3 is 4.90 Å². The van der Waals surface area contributed by atoms with E-state index >= 15 is 0 Å². The number of hydrogen-bond acceptors (Lipinski definition) is 6. The number of amides is 3. The van der Waals surface area contributed by atoms with Crippen molar-refractivity contribution < 1.29 is 14.4 Å². The quantitative estimate of drug-likeness (QED) is 0.624. The summed E-state index contributed by atoms with van der Waals surface area (Å²) < 4.78 is 0. The number of para-hydroxylation sites is 1. The van der Waals surface area contributed by atoms with Gasteiger partial charge >= 0.3 is 0 Å². The van der Waals surface area contributed by atoms with E-state index in [0.717, 1.165) is 10.6 Å². The number of carbonyl (C=O) groups excluding carboxylic acids is 3. The summed E-state index contributed by atoms with van der Waals surface area (Å²) in [5, 5.41) is 12.3. The van der Waals surface area contributed by atoms with Gasteiger partial charge in [-0.25, -0.2) is 0 Å². The van der Waals surface area contributed by atoms with Crippen LogP contribution in [-0.4, -0.2) is 38.5 Å². The first-order valence-electron chi connectivity index (χ1n) is 10.8. The van der Waals surface area contributed by atoms with Crippen LogP contribution in [0.3, 0.4) is 0 Å². The zero-order valence-electron chi connectivity index (χ0n) is 18.3. The molecule has 2 aromatic carbocycles. The molecule has 2 aliphatic rings. The van der Waals surface area contributed by atoms with Gasteiger partial charge in [0, 0.05) is 25.3 Å². The molecule has 5 rings (SSSR count). The lowest BCUT2D eigenvalue weighted by molar-refractivity contribution is -0.129. The summed E-state index contributed by atoms with van der Waals surface area (Å²) in [4.78, 5) is 43.7. The Balaban J connectivity index is 1.61. The second-order valence-electron chi connectivity index (χ2n) is 8.49. The van der Waals surface area contributed by atoms with E-state index in [1.165, 1.54) is 21.1 Å². The van der Waals surface area contributed by atoms with Crippen molar-refractivity contribution >= 4 is 39.9 Å². The van der Waals surface area contributed by atoms with E-state index in [2.05, 4.69) is 15.5 Å². The Labute approximate surface area is 195 Å². The van der Waals surface area contributed by atoms with Crippen molar-refractivity contribution in [2.24, 2.45) is 0 Å². The van der Waals surface area contributed by atoms with E-state index in [0.29, 0.717) is 16.4 Å². The number of nitrogens with one attached hydrogen (secondary N) is 1. The molecule has 1 saturated heterocycles. The Hall–Kier alpha value is -3.59. The first-order valence-corrected chi connectivity index (χ1v) is 11.7. The van der Waals surface area contributed by atoms with E-state index in [1.54, 1.807) is 24.3 Å². The molecule has 0 spiro atoms. The third-order valence-corrected chi connectivity index (χ3v) is 7.22. The number of fused-ring (bicyclic) bond motifs is 3. The van der Waals surface area contributed by atoms with E-state index in [-0.39, 0.29) is 37.1 Å². The van der Waals surface area contributed by atoms with Gasteiger partial charge in [-0.3, -0.25) is 24.6 Å². The van der Waals surface area contributed by atoms with Crippen molar-refractivity contribution in [3.8, 4) is 0 Å². The maximum atomic E-state index is 13.9. The molecule has 3 amide bonds. The first-order chi connectivity index (χ1) is 15.9. The molecule has 0 radical (unpaired) electrons. The molecule has 33 heavy (non-hydrogen) atoms. The van der Waals surface area contributed by atoms with Crippen molar-refractivity contribution in [1.82, 2.24) is 15.1 Å². The largest absolute Gasteiger partial charge is 0.302 e. The summed E-state index contributed by atoms with van der Waals surface area (Å²) in [6.45, 7) is 4.19. The van der Waals surface area contributed by atoms with E-state index in [4.69, 9.17) is 0 Å². The van der Waals surface area contributed by atoms with Gasteiger partial charge in [0.25, 0.3) is 11.8 Å². The molecule has 1 fully saturated rings. The minimum Gasteiger partial charge on any atom is -0.302 e. The molecule has 1 aromatic heterocycles. The molecule has 1 atom stereocenters. The van der Waals surface area contributed by atoms with Gasteiger partial charge in [0.2, 0.25) is 16.7 Å². The van der Waals surface area contributed by atoms with Crippen LogP contribution >= 0.6 is 11.3 Å². The normalized spacial score (nSPS) is 19.6. The smallest absolute Gasteiger partial charge is 0.273 e. The fourth-order valence-corrected chi connectivity index (χ4v) is 5.23. The first kappa shape index (κ1) is 21.3. The lowest BCUT2D eigenvalue weighted by atomic mass is 9.94. The molecule has 168 valence electrons. The Morgan fingerprint density at radius 3 is 2.55 bits per heavy atom. The van der Waals surface area contributed by atoms with Crippen molar-refractivity contribution in [1.29, 1.82) is 0 Å². The number of rotatable bonds is 5. The van der Waals surface area contributed by atoms with Gasteiger partial charge in [-0.15, -0.1) is 10.2 Å². The van der Waals surface area contributed by atoms with Crippen LogP contribution in [-0.2, 0) is 16.1 Å². The topological polar surface area (TPSA) is 95.5 Å². The minimum absolute atomic E-state index is 0.160. The SMILES string of the molecule is CC(C)c1nnc(NC(=O)[C@]23CCC(=O)N2c2ccccc2C(=O)N3Cc2ccccc2)s1. The highest BCUT2D eigenvalue weighted by Crippen LogP contribution is 2.45. The van der Waals surface area contributed by atoms with Gasteiger partial charge in [0.1, 0.15) is 5.01 Å². The van der Waals surface area contributed by atoms with Crippen LogP contribution < -0.4 is 10.2 Å². The summed E-state index contributed by atoms with van der Waals surface area (Å²) in [7, 11) is 0. The van der Waals surface area contributed by atoms with Crippen LogP contribution in [0.25, 0.3) is 0 Å². The molecule has 0 saturated carbocycles. The fourth-order valence-electron chi connectivity index (χ4n) is 4.49. The van der Waals surface area contributed by atoms with Crippen LogP contribution in [0.4, 0.5) is 10.8 Å². The lowest BCUT2D eigenvalue weighted by Crippen LogP contribution is -2.69. The minimum atomic E-state index is -1.48. The van der Waals surface area contributed by atoms with Crippen molar-refractivity contribution in [2.45, 2.75) is 44.8 Å². The molecular weight excluding hydrogens is 438 g/mol. The zero-order chi connectivity index (χ0) is 23.2. The van der Waals surface area contributed by atoms with Gasteiger partial charge in [0.05, 0.1) is 11.3 Å². The Bertz CT molecular complexity index is 1240. The van der Waals surface area contributed by atoms with E-state index in [9.17, 15) is 14.4 Å². The highest BCUT2D eigenvalue weighted by molar-refractivity contribution is 7.15. The number of carbonyl (C=O) groups is 3. The molecule has 3 heterocycles. The molecule has 9 heteroatoms. The second-order valence-corrected chi connectivity index (χ2v) is 9.50. The van der Waals surface area contributed by atoms with Crippen LogP contribution in [0.15, 0.2) is 54.6 Å². The lowest BCUT2D eigenvalue weighted by Gasteiger charge is -2.49. The third-order valence-electron chi connectivity index (χ3n) is 6.08. The highest BCUT2D eigenvalue weighted by Gasteiger charge is 2.60. The maximum absolute atomic E-state index is 13.9. The summed E-state index contributed by atoms with van der Waals surface area (Å²) in [5.74, 6) is -0.758. The van der Waals surface area contributed by atoms with Crippen LogP contribution in [0, 0.1) is 0 Å². The molecule has 3 aromatic rings. The number of nitrogens with zero attached hydrogens (tertiary/aromatic N) is 4. The summed E-state index contributed by atoms with van der Waals surface area (Å²) in [6, 6.07) is 16.4. The van der Waals surface area contributed by atoms with Gasteiger partial charge in [-0.05, 0) is 17.7 Å². The van der Waals surface area contributed by atoms with E-state index < -0.39 is 11.6 Å². The maximum Gasteiger partial charge on any atom is 0.273 e. The zero-order valence-corrected chi connectivity index (χ0v) is 19.1. The fraction of sp³-hybridized carbons (Fsp3) is 0.292. The molecule has 0 unspecified atom stereocenters. The number of aromatic nitrogens is 2. The Morgan fingerprint density at radius 1 is 1.09 bits per heavy atom. The molecule has 1 N–H and O–H groups in total. The monoisotopic (exact) mass is 461 g/mol. The Kier molecular flexibility index (Phi) is 5.20. The predicted octanol–water partition coefficient (Wildman–Crippen LogP) is 3.78. The standard InChI is InChI=1S/C24H23N5O3S/c1-15(2)20-26-27-23(33-20)25-22(32)24-13-12-19(30)29(24)18-11-7-6-10-17(18)21(31)28(24)14-16-8-4-3-5-9-16/h3-11,15H,12-14H2,1-2H3,(H,25,27,32)/t24-/m0/s1. The second kappa shape index (κ2) is 8.08. The highest BCUT2D eigenvalue weighted by atomic mass is 32.1.